The van der Waals surface area contributed by atoms with Gasteiger partial charge in [-0.15, -0.1) is 35.3 Å². The molecule has 25 heavy (non-hydrogen) atoms. The number of thiophene rings is 1. The zero-order valence-corrected chi connectivity index (χ0v) is 18.5. The molecular formula is C18H30IN5S. The summed E-state index contributed by atoms with van der Waals surface area (Å²) in [5, 5.41) is 8.96. The van der Waals surface area contributed by atoms with E-state index in [2.05, 4.69) is 49.6 Å². The Morgan fingerprint density at radius 3 is 2.84 bits per heavy atom. The van der Waals surface area contributed by atoms with E-state index < -0.39 is 0 Å². The van der Waals surface area contributed by atoms with Crippen molar-refractivity contribution in [2.45, 2.75) is 39.7 Å². The lowest BCUT2D eigenvalue weighted by molar-refractivity contribution is 0.556. The number of aromatic nitrogens is 2. The SMILES string of the molecule is CN=C(NCCCCn1ccnc1C)NCC(C)Cc1cccs1.I. The number of hydrogen-bond acceptors (Lipinski definition) is 3. The predicted octanol–water partition coefficient (Wildman–Crippen LogP) is 3.70. The Labute approximate surface area is 172 Å². The van der Waals surface area contributed by atoms with Crippen molar-refractivity contribution in [2.24, 2.45) is 10.9 Å². The van der Waals surface area contributed by atoms with Crippen LogP contribution in [0, 0.1) is 12.8 Å². The molecule has 2 aromatic heterocycles. The molecule has 0 aromatic carbocycles. The molecule has 2 N–H and O–H groups in total. The van der Waals surface area contributed by atoms with Gasteiger partial charge in [0, 0.05) is 44.0 Å². The van der Waals surface area contributed by atoms with Crippen molar-refractivity contribution in [1.82, 2.24) is 20.2 Å². The number of imidazole rings is 1. The molecule has 5 nitrogen and oxygen atoms in total. The molecule has 0 aliphatic heterocycles. The lowest BCUT2D eigenvalue weighted by Gasteiger charge is -2.15. The topological polar surface area (TPSA) is 54.2 Å². The van der Waals surface area contributed by atoms with Crippen molar-refractivity contribution in [1.29, 1.82) is 0 Å². The molecule has 0 fully saturated rings. The van der Waals surface area contributed by atoms with Gasteiger partial charge in [-0.2, -0.15) is 0 Å². The number of aryl methyl sites for hydroxylation is 2. The molecular weight excluding hydrogens is 445 g/mol. The van der Waals surface area contributed by atoms with Crippen LogP contribution in [0.25, 0.3) is 0 Å². The van der Waals surface area contributed by atoms with Crippen LogP contribution in [-0.4, -0.2) is 35.6 Å². The van der Waals surface area contributed by atoms with E-state index in [0.29, 0.717) is 5.92 Å². The van der Waals surface area contributed by atoms with Crippen molar-refractivity contribution in [3.8, 4) is 0 Å². The van der Waals surface area contributed by atoms with E-state index in [9.17, 15) is 0 Å². The van der Waals surface area contributed by atoms with Crippen molar-refractivity contribution < 1.29 is 0 Å². The molecule has 140 valence electrons. The van der Waals surface area contributed by atoms with Crippen LogP contribution in [0.5, 0.6) is 0 Å². The fraction of sp³-hybridized carbons (Fsp3) is 0.556. The second kappa shape index (κ2) is 12.3. The number of unbranched alkanes of at least 4 members (excludes halogenated alkanes) is 1. The quantitative estimate of drug-likeness (QED) is 0.252. The van der Waals surface area contributed by atoms with Gasteiger partial charge >= 0.3 is 0 Å². The van der Waals surface area contributed by atoms with E-state index in [4.69, 9.17) is 0 Å². The van der Waals surface area contributed by atoms with Crippen LogP contribution in [-0.2, 0) is 13.0 Å². The number of guanidine groups is 1. The molecule has 2 rings (SSSR count). The molecule has 0 radical (unpaired) electrons. The Kier molecular flexibility index (Phi) is 10.8. The van der Waals surface area contributed by atoms with E-state index in [1.54, 1.807) is 0 Å². The van der Waals surface area contributed by atoms with E-state index in [0.717, 1.165) is 50.7 Å². The number of halogens is 1. The van der Waals surface area contributed by atoms with Gasteiger partial charge in [0.1, 0.15) is 5.82 Å². The number of rotatable bonds is 9. The summed E-state index contributed by atoms with van der Waals surface area (Å²) < 4.78 is 2.19. The highest BCUT2D eigenvalue weighted by atomic mass is 127. The second-order valence-corrected chi connectivity index (χ2v) is 7.18. The standard InChI is InChI=1S/C18H29N5S.HI/c1-15(13-17-7-6-12-24-17)14-22-18(19-3)21-8-4-5-10-23-11-9-20-16(23)2;/h6-7,9,11-12,15H,4-5,8,10,13-14H2,1-3H3,(H2,19,21,22);1H. The summed E-state index contributed by atoms with van der Waals surface area (Å²) in [4.78, 5) is 9.99. The Morgan fingerprint density at radius 1 is 1.36 bits per heavy atom. The van der Waals surface area contributed by atoms with Crippen molar-refractivity contribution >= 4 is 41.3 Å². The van der Waals surface area contributed by atoms with Gasteiger partial charge in [0.05, 0.1) is 0 Å². The molecule has 7 heteroatoms. The van der Waals surface area contributed by atoms with Crippen LogP contribution >= 0.6 is 35.3 Å². The maximum absolute atomic E-state index is 4.30. The molecule has 0 saturated heterocycles. The number of nitrogens with one attached hydrogen (secondary N) is 2. The Bertz CT molecular complexity index is 609. The number of aliphatic imine (C=N–C) groups is 1. The Morgan fingerprint density at radius 2 is 2.20 bits per heavy atom. The molecule has 0 bridgehead atoms. The average molecular weight is 475 g/mol. The monoisotopic (exact) mass is 475 g/mol. The van der Waals surface area contributed by atoms with Crippen molar-refractivity contribution in [3.63, 3.8) is 0 Å². The van der Waals surface area contributed by atoms with Gasteiger partial charge in [0.15, 0.2) is 5.96 Å². The maximum atomic E-state index is 4.30. The summed E-state index contributed by atoms with van der Waals surface area (Å²) >= 11 is 1.83. The van der Waals surface area contributed by atoms with Crippen LogP contribution in [0.1, 0.15) is 30.5 Å². The lowest BCUT2D eigenvalue weighted by atomic mass is 10.1. The summed E-state index contributed by atoms with van der Waals surface area (Å²) in [6.45, 7) is 7.21. The van der Waals surface area contributed by atoms with Crippen LogP contribution in [0.4, 0.5) is 0 Å². The summed E-state index contributed by atoms with van der Waals surface area (Å²) in [5.74, 6) is 2.57. The van der Waals surface area contributed by atoms with Gasteiger partial charge in [0.2, 0.25) is 0 Å². The van der Waals surface area contributed by atoms with Crippen LogP contribution < -0.4 is 10.6 Å². The van der Waals surface area contributed by atoms with Crippen LogP contribution in [0.15, 0.2) is 34.9 Å². The highest BCUT2D eigenvalue weighted by Gasteiger charge is 2.06. The first-order valence-electron chi connectivity index (χ1n) is 8.63. The molecule has 0 amide bonds. The average Bonchev–Trinajstić information content (AvgIpc) is 3.22. The first-order chi connectivity index (χ1) is 11.7. The fourth-order valence-electron chi connectivity index (χ4n) is 2.59. The highest BCUT2D eigenvalue weighted by Crippen LogP contribution is 2.13. The fourth-order valence-corrected chi connectivity index (χ4v) is 3.46. The van der Waals surface area contributed by atoms with E-state index in [1.807, 2.05) is 37.7 Å². The summed E-state index contributed by atoms with van der Waals surface area (Å²) in [5.41, 5.74) is 0. The third kappa shape index (κ3) is 8.22. The maximum Gasteiger partial charge on any atom is 0.190 e. The molecule has 0 spiro atoms. The minimum atomic E-state index is 0. The normalized spacial score (nSPS) is 12.5. The van der Waals surface area contributed by atoms with Gasteiger partial charge in [-0.3, -0.25) is 4.99 Å². The van der Waals surface area contributed by atoms with Gasteiger partial charge in [-0.1, -0.05) is 13.0 Å². The molecule has 1 unspecified atom stereocenters. The number of nitrogens with zero attached hydrogens (tertiary/aromatic N) is 3. The van der Waals surface area contributed by atoms with Gasteiger partial charge in [-0.25, -0.2) is 4.98 Å². The first kappa shape index (κ1) is 22.0. The minimum absolute atomic E-state index is 0. The summed E-state index contributed by atoms with van der Waals surface area (Å²) in [6.07, 6.45) is 7.26. The molecule has 0 aliphatic rings. The molecule has 1 atom stereocenters. The van der Waals surface area contributed by atoms with Crippen molar-refractivity contribution in [2.75, 3.05) is 20.1 Å². The Balaban J connectivity index is 0.00000312. The zero-order chi connectivity index (χ0) is 17.2. The zero-order valence-electron chi connectivity index (χ0n) is 15.4. The van der Waals surface area contributed by atoms with Gasteiger partial charge < -0.3 is 15.2 Å². The van der Waals surface area contributed by atoms with E-state index in [-0.39, 0.29) is 24.0 Å². The molecule has 2 aromatic rings. The predicted molar refractivity (Wildman–Crippen MR) is 118 cm³/mol. The van der Waals surface area contributed by atoms with Gasteiger partial charge in [-0.05, 0) is 43.6 Å². The van der Waals surface area contributed by atoms with Crippen molar-refractivity contribution in [3.05, 3.63) is 40.6 Å². The molecule has 0 saturated carbocycles. The minimum Gasteiger partial charge on any atom is -0.356 e. The highest BCUT2D eigenvalue weighted by molar-refractivity contribution is 14.0. The summed E-state index contributed by atoms with van der Waals surface area (Å²) in [6, 6.07) is 4.32. The third-order valence-corrected chi connectivity index (χ3v) is 4.91. The van der Waals surface area contributed by atoms with E-state index in [1.165, 1.54) is 4.88 Å². The first-order valence-corrected chi connectivity index (χ1v) is 9.51. The smallest absolute Gasteiger partial charge is 0.190 e. The Hall–Kier alpha value is -1.09. The second-order valence-electron chi connectivity index (χ2n) is 6.14. The largest absolute Gasteiger partial charge is 0.356 e. The molecule has 2 heterocycles. The van der Waals surface area contributed by atoms with E-state index >= 15 is 0 Å². The van der Waals surface area contributed by atoms with Gasteiger partial charge in [0.25, 0.3) is 0 Å². The number of hydrogen-bond donors (Lipinski definition) is 2. The lowest BCUT2D eigenvalue weighted by Crippen LogP contribution is -2.40. The van der Waals surface area contributed by atoms with Crippen LogP contribution in [0.2, 0.25) is 0 Å². The van der Waals surface area contributed by atoms with Crippen LogP contribution in [0.3, 0.4) is 0 Å². The molecule has 0 aliphatic carbocycles. The third-order valence-electron chi connectivity index (χ3n) is 4.01. The summed E-state index contributed by atoms with van der Waals surface area (Å²) in [7, 11) is 1.83.